The van der Waals surface area contributed by atoms with Gasteiger partial charge < -0.3 is 20.1 Å². The number of nitrogens with zero attached hydrogens (tertiary/aromatic N) is 1. The molecular formula is C23H31N3O3. The van der Waals surface area contributed by atoms with Gasteiger partial charge in [-0.25, -0.2) is 4.79 Å². The van der Waals surface area contributed by atoms with E-state index in [2.05, 4.69) is 35.4 Å². The van der Waals surface area contributed by atoms with Crippen LogP contribution in [0.1, 0.15) is 25.0 Å². The number of ether oxygens (including phenoxy) is 2. The maximum atomic E-state index is 12.3. The molecule has 6 heteroatoms. The number of hydrogen-bond acceptors (Lipinski definition) is 4. The molecule has 1 aliphatic rings. The molecule has 0 saturated carbocycles. The molecule has 2 N–H and O–H groups in total. The molecule has 6 nitrogen and oxygen atoms in total. The molecule has 3 rings (SSSR count). The van der Waals surface area contributed by atoms with Crippen molar-refractivity contribution in [1.82, 2.24) is 10.2 Å². The van der Waals surface area contributed by atoms with Gasteiger partial charge in [0.15, 0.2) is 0 Å². The predicted molar refractivity (Wildman–Crippen MR) is 115 cm³/mol. The standard InChI is InChI=1S/C23H31N3O3/c1-17-8-10-21(11-9-17)28-13-12-24-23(27)25-22-7-5-4-6-20(22)16-26-14-18(2)29-19(3)15-26/h4-11,18-19H,12-16H2,1-3H3,(H2,24,25,27). The van der Waals surface area contributed by atoms with Crippen molar-refractivity contribution >= 4 is 11.7 Å². The number of benzene rings is 2. The number of anilines is 1. The molecule has 2 aromatic carbocycles. The zero-order valence-corrected chi connectivity index (χ0v) is 17.5. The molecule has 2 unspecified atom stereocenters. The highest BCUT2D eigenvalue weighted by Gasteiger charge is 2.22. The van der Waals surface area contributed by atoms with E-state index in [1.54, 1.807) is 0 Å². The van der Waals surface area contributed by atoms with Crippen molar-refractivity contribution in [2.75, 3.05) is 31.6 Å². The predicted octanol–water partition coefficient (Wildman–Crippen LogP) is 3.80. The average molecular weight is 398 g/mol. The highest BCUT2D eigenvalue weighted by Crippen LogP contribution is 2.20. The minimum Gasteiger partial charge on any atom is -0.492 e. The molecule has 29 heavy (non-hydrogen) atoms. The molecule has 1 heterocycles. The van der Waals surface area contributed by atoms with Crippen LogP contribution in [0.2, 0.25) is 0 Å². The Morgan fingerprint density at radius 1 is 1.10 bits per heavy atom. The van der Waals surface area contributed by atoms with Gasteiger partial charge in [-0.15, -0.1) is 0 Å². The average Bonchev–Trinajstić information content (AvgIpc) is 2.67. The van der Waals surface area contributed by atoms with Crippen LogP contribution in [-0.2, 0) is 11.3 Å². The summed E-state index contributed by atoms with van der Waals surface area (Å²) in [7, 11) is 0. The number of aryl methyl sites for hydroxylation is 1. The van der Waals surface area contributed by atoms with Crippen LogP contribution in [0.15, 0.2) is 48.5 Å². The Morgan fingerprint density at radius 3 is 2.52 bits per heavy atom. The van der Waals surface area contributed by atoms with Crippen molar-refractivity contribution in [3.8, 4) is 5.75 Å². The number of morpholine rings is 1. The van der Waals surface area contributed by atoms with Crippen molar-refractivity contribution in [1.29, 1.82) is 0 Å². The van der Waals surface area contributed by atoms with Gasteiger partial charge in [0.25, 0.3) is 0 Å². The van der Waals surface area contributed by atoms with Gasteiger partial charge >= 0.3 is 6.03 Å². The molecular weight excluding hydrogens is 366 g/mol. The van der Waals surface area contributed by atoms with E-state index in [1.807, 2.05) is 49.4 Å². The minimum atomic E-state index is -0.228. The number of rotatable bonds is 7. The Balaban J connectivity index is 1.47. The first-order valence-corrected chi connectivity index (χ1v) is 10.2. The summed E-state index contributed by atoms with van der Waals surface area (Å²) in [5, 5.41) is 5.81. The lowest BCUT2D eigenvalue weighted by molar-refractivity contribution is -0.0704. The van der Waals surface area contributed by atoms with Gasteiger partial charge in [-0.05, 0) is 44.5 Å². The van der Waals surface area contributed by atoms with Crippen LogP contribution in [-0.4, -0.2) is 49.4 Å². The van der Waals surface area contributed by atoms with Crippen LogP contribution in [0.5, 0.6) is 5.75 Å². The van der Waals surface area contributed by atoms with Crippen LogP contribution < -0.4 is 15.4 Å². The molecule has 2 aromatic rings. The molecule has 0 aromatic heterocycles. The van der Waals surface area contributed by atoms with Crippen LogP contribution in [0.3, 0.4) is 0 Å². The molecule has 0 bridgehead atoms. The van der Waals surface area contributed by atoms with Gasteiger partial charge in [0.05, 0.1) is 18.8 Å². The number of carbonyl (C=O) groups excluding carboxylic acids is 1. The third-order valence-corrected chi connectivity index (χ3v) is 4.83. The summed E-state index contributed by atoms with van der Waals surface area (Å²) in [4.78, 5) is 14.7. The summed E-state index contributed by atoms with van der Waals surface area (Å²) in [6.07, 6.45) is 0.436. The van der Waals surface area contributed by atoms with Gasteiger partial charge in [-0.3, -0.25) is 4.90 Å². The first-order valence-electron chi connectivity index (χ1n) is 10.2. The summed E-state index contributed by atoms with van der Waals surface area (Å²) in [5.74, 6) is 0.803. The Bertz CT molecular complexity index is 784. The van der Waals surface area contributed by atoms with Gasteiger partial charge in [0.2, 0.25) is 0 Å². The lowest BCUT2D eigenvalue weighted by atomic mass is 10.1. The summed E-state index contributed by atoms with van der Waals surface area (Å²) in [6.45, 7) is 9.64. The number of urea groups is 1. The normalized spacial score (nSPS) is 19.6. The second kappa shape index (κ2) is 10.3. The number of carbonyl (C=O) groups is 1. The van der Waals surface area contributed by atoms with Crippen molar-refractivity contribution in [2.45, 2.75) is 39.5 Å². The Hall–Kier alpha value is -2.57. The molecule has 1 fully saturated rings. The zero-order chi connectivity index (χ0) is 20.6. The second-order valence-corrected chi connectivity index (χ2v) is 7.65. The van der Waals surface area contributed by atoms with Gasteiger partial charge in [0.1, 0.15) is 12.4 Å². The monoisotopic (exact) mass is 397 g/mol. The molecule has 0 aliphatic carbocycles. The van der Waals surface area contributed by atoms with E-state index >= 15 is 0 Å². The van der Waals surface area contributed by atoms with E-state index in [9.17, 15) is 4.79 Å². The van der Waals surface area contributed by atoms with Crippen molar-refractivity contribution in [3.63, 3.8) is 0 Å². The largest absolute Gasteiger partial charge is 0.492 e. The first kappa shape index (κ1) is 21.1. The zero-order valence-electron chi connectivity index (χ0n) is 17.5. The van der Waals surface area contributed by atoms with Crippen LogP contribution in [0.4, 0.5) is 10.5 Å². The van der Waals surface area contributed by atoms with E-state index in [1.165, 1.54) is 5.56 Å². The van der Waals surface area contributed by atoms with E-state index < -0.39 is 0 Å². The van der Waals surface area contributed by atoms with Crippen molar-refractivity contribution in [2.24, 2.45) is 0 Å². The molecule has 0 radical (unpaired) electrons. The van der Waals surface area contributed by atoms with Crippen LogP contribution in [0, 0.1) is 6.92 Å². The fourth-order valence-electron chi connectivity index (χ4n) is 3.57. The number of nitrogens with one attached hydrogen (secondary N) is 2. The minimum absolute atomic E-state index is 0.218. The summed E-state index contributed by atoms with van der Waals surface area (Å²) < 4.78 is 11.5. The maximum absolute atomic E-state index is 12.3. The summed E-state index contributed by atoms with van der Waals surface area (Å²) >= 11 is 0. The Kier molecular flexibility index (Phi) is 7.49. The third-order valence-electron chi connectivity index (χ3n) is 4.83. The lowest BCUT2D eigenvalue weighted by Crippen LogP contribution is -2.45. The maximum Gasteiger partial charge on any atom is 0.319 e. The van der Waals surface area contributed by atoms with Gasteiger partial charge in [-0.1, -0.05) is 35.9 Å². The molecule has 2 amide bonds. The highest BCUT2D eigenvalue weighted by atomic mass is 16.5. The molecule has 1 aliphatic heterocycles. The Labute approximate surface area is 173 Å². The highest BCUT2D eigenvalue weighted by molar-refractivity contribution is 5.90. The quantitative estimate of drug-likeness (QED) is 0.698. The summed E-state index contributed by atoms with van der Waals surface area (Å²) in [5.41, 5.74) is 3.12. The van der Waals surface area contributed by atoms with Gasteiger partial charge in [-0.2, -0.15) is 0 Å². The number of para-hydroxylation sites is 1. The fraction of sp³-hybridized carbons (Fsp3) is 0.435. The number of hydrogen-bond donors (Lipinski definition) is 2. The Morgan fingerprint density at radius 2 is 1.79 bits per heavy atom. The molecule has 1 saturated heterocycles. The summed E-state index contributed by atoms with van der Waals surface area (Å²) in [6, 6.07) is 15.6. The smallest absolute Gasteiger partial charge is 0.319 e. The van der Waals surface area contributed by atoms with Crippen molar-refractivity contribution < 1.29 is 14.3 Å². The van der Waals surface area contributed by atoms with Crippen LogP contribution >= 0.6 is 0 Å². The van der Waals surface area contributed by atoms with Gasteiger partial charge in [0, 0.05) is 25.3 Å². The molecule has 0 spiro atoms. The van der Waals surface area contributed by atoms with E-state index in [0.717, 1.165) is 36.6 Å². The van der Waals surface area contributed by atoms with E-state index in [-0.39, 0.29) is 18.2 Å². The SMILES string of the molecule is Cc1ccc(OCCNC(=O)Nc2ccccc2CN2CC(C)OC(C)C2)cc1. The van der Waals surface area contributed by atoms with Crippen LogP contribution in [0.25, 0.3) is 0 Å². The van der Waals surface area contributed by atoms with E-state index in [4.69, 9.17) is 9.47 Å². The second-order valence-electron chi connectivity index (χ2n) is 7.65. The topological polar surface area (TPSA) is 62.8 Å². The lowest BCUT2D eigenvalue weighted by Gasteiger charge is -2.35. The first-order chi connectivity index (χ1) is 14.0. The van der Waals surface area contributed by atoms with E-state index in [0.29, 0.717) is 13.2 Å². The van der Waals surface area contributed by atoms with Crippen molar-refractivity contribution in [3.05, 3.63) is 59.7 Å². The third kappa shape index (κ3) is 6.76. The fourth-order valence-corrected chi connectivity index (χ4v) is 3.57. The molecule has 2 atom stereocenters. The molecule has 156 valence electrons. The number of amides is 2.